The van der Waals surface area contributed by atoms with E-state index in [0.29, 0.717) is 6.54 Å². The lowest BCUT2D eigenvalue weighted by Crippen LogP contribution is -2.32. The fourth-order valence-electron chi connectivity index (χ4n) is 1.90. The first kappa shape index (κ1) is 14.8. The Kier molecular flexibility index (Phi) is 5.57. The minimum Gasteiger partial charge on any atom is -0.395 e. The Morgan fingerprint density at radius 1 is 1.00 bits per heavy atom. The molecule has 2 rings (SSSR count). The molecule has 0 aliphatic carbocycles. The van der Waals surface area contributed by atoms with E-state index in [-0.39, 0.29) is 19.1 Å². The number of aliphatic hydroxyl groups excluding tert-OH is 1. The van der Waals surface area contributed by atoms with Gasteiger partial charge in [0.05, 0.1) is 6.61 Å². The highest BCUT2D eigenvalue weighted by Gasteiger charge is 2.10. The van der Waals surface area contributed by atoms with Crippen LogP contribution >= 0.6 is 0 Å². The van der Waals surface area contributed by atoms with Crippen LogP contribution in [0.4, 0.5) is 0 Å². The monoisotopic (exact) mass is 279 g/mol. The number of benzene rings is 2. The highest BCUT2D eigenvalue weighted by atomic mass is 16.3. The second-order valence-electron chi connectivity index (χ2n) is 4.55. The van der Waals surface area contributed by atoms with E-state index in [1.54, 1.807) is 4.90 Å². The van der Waals surface area contributed by atoms with E-state index in [4.69, 9.17) is 5.11 Å². The quantitative estimate of drug-likeness (QED) is 0.870. The van der Waals surface area contributed by atoms with Crippen molar-refractivity contribution in [3.63, 3.8) is 0 Å². The van der Waals surface area contributed by atoms with Crippen molar-refractivity contribution >= 4 is 5.91 Å². The Labute approximate surface area is 124 Å². The maximum Gasteiger partial charge on any atom is 0.299 e. The molecule has 0 aliphatic rings. The largest absolute Gasteiger partial charge is 0.395 e. The van der Waals surface area contributed by atoms with E-state index < -0.39 is 0 Å². The third-order valence-corrected chi connectivity index (χ3v) is 2.96. The normalized spacial score (nSPS) is 9.57. The van der Waals surface area contributed by atoms with Gasteiger partial charge in [0.25, 0.3) is 5.91 Å². The summed E-state index contributed by atoms with van der Waals surface area (Å²) in [4.78, 5) is 13.7. The summed E-state index contributed by atoms with van der Waals surface area (Å²) in [6.45, 7) is 0.645. The zero-order valence-electron chi connectivity index (χ0n) is 11.7. The SMILES string of the molecule is O=C(C#Cc1ccccc1)N(CCO)Cc1ccccc1. The van der Waals surface area contributed by atoms with Crippen LogP contribution in [0.25, 0.3) is 0 Å². The first-order chi connectivity index (χ1) is 10.3. The molecule has 0 unspecified atom stereocenters. The van der Waals surface area contributed by atoms with Crippen molar-refractivity contribution in [2.24, 2.45) is 0 Å². The number of carbonyl (C=O) groups is 1. The Morgan fingerprint density at radius 2 is 1.62 bits per heavy atom. The van der Waals surface area contributed by atoms with Gasteiger partial charge in [-0.1, -0.05) is 54.5 Å². The van der Waals surface area contributed by atoms with Gasteiger partial charge in [-0.15, -0.1) is 0 Å². The predicted octanol–water partition coefficient (Wildman–Crippen LogP) is 2.06. The molecule has 0 radical (unpaired) electrons. The molecule has 3 nitrogen and oxygen atoms in total. The van der Waals surface area contributed by atoms with Gasteiger partial charge in [-0.2, -0.15) is 0 Å². The first-order valence-corrected chi connectivity index (χ1v) is 6.80. The molecule has 1 N–H and O–H groups in total. The van der Waals surface area contributed by atoms with Crippen LogP contribution < -0.4 is 0 Å². The fraction of sp³-hybridized carbons (Fsp3) is 0.167. The standard InChI is InChI=1S/C18H17NO2/c20-14-13-19(15-17-9-5-2-6-10-17)18(21)12-11-16-7-3-1-4-8-16/h1-10,20H,13-15H2. The summed E-state index contributed by atoms with van der Waals surface area (Å²) in [5.74, 6) is 5.20. The van der Waals surface area contributed by atoms with Crippen molar-refractivity contribution in [3.8, 4) is 11.8 Å². The van der Waals surface area contributed by atoms with Crippen molar-refractivity contribution in [2.45, 2.75) is 6.54 Å². The van der Waals surface area contributed by atoms with Gasteiger partial charge in [0.1, 0.15) is 0 Å². The maximum absolute atomic E-state index is 12.2. The van der Waals surface area contributed by atoms with Gasteiger partial charge in [-0.3, -0.25) is 4.79 Å². The van der Waals surface area contributed by atoms with E-state index in [2.05, 4.69) is 11.8 Å². The third-order valence-electron chi connectivity index (χ3n) is 2.96. The van der Waals surface area contributed by atoms with Crippen molar-refractivity contribution in [1.29, 1.82) is 0 Å². The average Bonchev–Trinajstić information content (AvgIpc) is 2.54. The van der Waals surface area contributed by atoms with Crippen LogP contribution in [0.15, 0.2) is 60.7 Å². The Balaban J connectivity index is 2.07. The topological polar surface area (TPSA) is 40.5 Å². The van der Waals surface area contributed by atoms with Gasteiger partial charge in [0.15, 0.2) is 0 Å². The van der Waals surface area contributed by atoms with Crippen molar-refractivity contribution in [2.75, 3.05) is 13.2 Å². The minimum absolute atomic E-state index is 0.0778. The number of carbonyl (C=O) groups excluding carboxylic acids is 1. The summed E-state index contributed by atoms with van der Waals surface area (Å²) in [6, 6.07) is 19.0. The molecule has 21 heavy (non-hydrogen) atoms. The Morgan fingerprint density at radius 3 is 2.24 bits per heavy atom. The van der Waals surface area contributed by atoms with Gasteiger partial charge in [-0.05, 0) is 17.7 Å². The maximum atomic E-state index is 12.2. The highest BCUT2D eigenvalue weighted by Crippen LogP contribution is 2.04. The number of nitrogens with zero attached hydrogens (tertiary/aromatic N) is 1. The molecule has 0 spiro atoms. The van der Waals surface area contributed by atoms with Crippen LogP contribution in [-0.2, 0) is 11.3 Å². The molecule has 0 aromatic heterocycles. The first-order valence-electron chi connectivity index (χ1n) is 6.80. The molecule has 0 saturated heterocycles. The average molecular weight is 279 g/mol. The van der Waals surface area contributed by atoms with Crippen molar-refractivity contribution < 1.29 is 9.90 Å². The lowest BCUT2D eigenvalue weighted by molar-refractivity contribution is -0.126. The minimum atomic E-state index is -0.281. The van der Waals surface area contributed by atoms with E-state index in [9.17, 15) is 4.79 Å². The molecule has 0 saturated carbocycles. The smallest absolute Gasteiger partial charge is 0.299 e. The molecule has 2 aromatic carbocycles. The van der Waals surface area contributed by atoms with E-state index in [0.717, 1.165) is 11.1 Å². The predicted molar refractivity (Wildman–Crippen MR) is 82.3 cm³/mol. The molecule has 0 atom stereocenters. The summed E-state index contributed by atoms with van der Waals surface area (Å²) >= 11 is 0. The second kappa shape index (κ2) is 7.88. The molecule has 1 amide bonds. The Bertz CT molecular complexity index is 627. The Hall–Kier alpha value is -2.57. The zero-order valence-corrected chi connectivity index (χ0v) is 11.7. The highest BCUT2D eigenvalue weighted by molar-refractivity contribution is 5.94. The molecule has 106 valence electrons. The van der Waals surface area contributed by atoms with Gasteiger partial charge in [0, 0.05) is 24.6 Å². The molecule has 0 aliphatic heterocycles. The van der Waals surface area contributed by atoms with Crippen LogP contribution in [0.1, 0.15) is 11.1 Å². The summed E-state index contributed by atoms with van der Waals surface area (Å²) < 4.78 is 0. The molecule has 0 fully saturated rings. The van der Waals surface area contributed by atoms with Crippen molar-refractivity contribution in [3.05, 3.63) is 71.8 Å². The summed E-state index contributed by atoms with van der Waals surface area (Å²) in [5.41, 5.74) is 1.82. The van der Waals surface area contributed by atoms with Gasteiger partial charge >= 0.3 is 0 Å². The van der Waals surface area contributed by atoms with Crippen LogP contribution in [0.5, 0.6) is 0 Å². The summed E-state index contributed by atoms with van der Waals surface area (Å²) in [6.07, 6.45) is 0. The molecular weight excluding hydrogens is 262 g/mol. The van der Waals surface area contributed by atoms with E-state index in [1.807, 2.05) is 60.7 Å². The van der Waals surface area contributed by atoms with Gasteiger partial charge in [-0.25, -0.2) is 0 Å². The van der Waals surface area contributed by atoms with Crippen molar-refractivity contribution in [1.82, 2.24) is 4.90 Å². The molecule has 0 heterocycles. The van der Waals surface area contributed by atoms with Crippen LogP contribution in [0, 0.1) is 11.8 Å². The van der Waals surface area contributed by atoms with Gasteiger partial charge < -0.3 is 10.0 Å². The van der Waals surface area contributed by atoms with Crippen LogP contribution in [0.2, 0.25) is 0 Å². The molecule has 2 aromatic rings. The molecular formula is C18H17NO2. The lowest BCUT2D eigenvalue weighted by atomic mass is 10.2. The number of amides is 1. The summed E-state index contributed by atoms with van der Waals surface area (Å²) in [7, 11) is 0. The fourth-order valence-corrected chi connectivity index (χ4v) is 1.90. The lowest BCUT2D eigenvalue weighted by Gasteiger charge is -2.18. The number of hydrogen-bond donors (Lipinski definition) is 1. The third kappa shape index (κ3) is 4.79. The summed E-state index contributed by atoms with van der Waals surface area (Å²) in [5, 5.41) is 9.11. The van der Waals surface area contributed by atoms with Crippen LogP contribution in [-0.4, -0.2) is 29.1 Å². The number of hydrogen-bond acceptors (Lipinski definition) is 2. The second-order valence-corrected chi connectivity index (χ2v) is 4.55. The van der Waals surface area contributed by atoms with Gasteiger partial charge in [0.2, 0.25) is 0 Å². The number of aliphatic hydroxyl groups is 1. The molecule has 3 heteroatoms. The zero-order chi connectivity index (χ0) is 14.9. The van der Waals surface area contributed by atoms with E-state index >= 15 is 0 Å². The van der Waals surface area contributed by atoms with Crippen LogP contribution in [0.3, 0.4) is 0 Å². The van der Waals surface area contributed by atoms with E-state index in [1.165, 1.54) is 0 Å². The number of rotatable bonds is 4. The molecule has 0 bridgehead atoms.